The molecule has 31 heavy (non-hydrogen) atoms. The number of anilines is 2. The Morgan fingerprint density at radius 1 is 1.10 bits per heavy atom. The highest BCUT2D eigenvalue weighted by Crippen LogP contribution is 2.35. The average Bonchev–Trinajstić information content (AvgIpc) is 2.78. The number of aryl methyl sites for hydroxylation is 1. The molecule has 0 fully saturated rings. The van der Waals surface area contributed by atoms with Crippen molar-refractivity contribution in [3.05, 3.63) is 64.0 Å². The molecule has 0 unspecified atom stereocenters. The number of carbonyl (C=O) groups is 2. The number of nitrogens with zero attached hydrogens (tertiary/aromatic N) is 1. The number of ether oxygens (including phenoxy) is 1. The lowest BCUT2D eigenvalue weighted by Gasteiger charge is -2.29. The molecule has 2 amide bonds. The Morgan fingerprint density at radius 3 is 2.71 bits per heavy atom. The minimum absolute atomic E-state index is 0.00438. The molecule has 7 nitrogen and oxygen atoms in total. The minimum atomic E-state index is -0.540. The second-order valence-corrected chi connectivity index (χ2v) is 7.48. The van der Waals surface area contributed by atoms with Crippen LogP contribution in [-0.4, -0.2) is 25.0 Å². The van der Waals surface area contributed by atoms with Gasteiger partial charge in [-0.1, -0.05) is 26.3 Å². The summed E-state index contributed by atoms with van der Waals surface area (Å²) in [6.07, 6.45) is 2.62. The highest BCUT2D eigenvalue weighted by molar-refractivity contribution is 6.04. The van der Waals surface area contributed by atoms with E-state index in [1.165, 1.54) is 6.07 Å². The summed E-state index contributed by atoms with van der Waals surface area (Å²) >= 11 is 0. The lowest BCUT2D eigenvalue weighted by atomic mass is 10.1. The average molecular weight is 420 g/mol. The quantitative estimate of drug-likeness (QED) is 0.648. The highest BCUT2D eigenvalue weighted by atomic mass is 16.5. The molecule has 0 aliphatic carbocycles. The number of amides is 2. The van der Waals surface area contributed by atoms with Gasteiger partial charge < -0.3 is 19.4 Å². The number of carbonyl (C=O) groups excluding carboxylic acids is 2. The first-order chi connectivity index (χ1) is 15.0. The lowest BCUT2D eigenvalue weighted by molar-refractivity contribution is -0.121. The van der Waals surface area contributed by atoms with Gasteiger partial charge in [0.15, 0.2) is 17.8 Å². The predicted molar refractivity (Wildman–Crippen MR) is 119 cm³/mol. The van der Waals surface area contributed by atoms with Crippen molar-refractivity contribution in [3.8, 4) is 5.75 Å². The Hall–Kier alpha value is -3.61. The summed E-state index contributed by atoms with van der Waals surface area (Å²) < 4.78 is 11.2. The minimum Gasteiger partial charge on any atom is -0.482 e. The van der Waals surface area contributed by atoms with E-state index in [1.807, 2.05) is 13.0 Å². The molecule has 1 aromatic heterocycles. The van der Waals surface area contributed by atoms with Gasteiger partial charge in [-0.05, 0) is 48.7 Å². The van der Waals surface area contributed by atoms with Crippen LogP contribution in [0, 0.1) is 0 Å². The van der Waals surface area contributed by atoms with Crippen molar-refractivity contribution >= 4 is 34.2 Å². The molecule has 7 heteroatoms. The molecule has 0 atom stereocenters. The van der Waals surface area contributed by atoms with Crippen molar-refractivity contribution in [3.63, 3.8) is 0 Å². The summed E-state index contributed by atoms with van der Waals surface area (Å²) in [7, 11) is 0. The second kappa shape index (κ2) is 8.63. The van der Waals surface area contributed by atoms with E-state index in [4.69, 9.17) is 9.15 Å². The topological polar surface area (TPSA) is 88.9 Å². The van der Waals surface area contributed by atoms with Crippen molar-refractivity contribution < 1.29 is 18.7 Å². The van der Waals surface area contributed by atoms with Crippen LogP contribution in [0.1, 0.15) is 42.8 Å². The molecule has 3 aromatic rings. The summed E-state index contributed by atoms with van der Waals surface area (Å²) in [5, 5.41) is 3.20. The maximum Gasteiger partial charge on any atom is 0.291 e. The van der Waals surface area contributed by atoms with Gasteiger partial charge in [-0.15, -0.1) is 0 Å². The fourth-order valence-corrected chi connectivity index (χ4v) is 3.57. The molecule has 160 valence electrons. The third kappa shape index (κ3) is 4.17. The maximum atomic E-state index is 12.8. The monoisotopic (exact) mass is 420 g/mol. The van der Waals surface area contributed by atoms with Crippen LogP contribution in [0.3, 0.4) is 0 Å². The molecule has 0 spiro atoms. The standard InChI is InChI=1S/C24H24N2O5/c1-3-5-10-26-18-12-16(7-9-21(18)30-14-23(26)28)25-24(29)22-13-19(27)17-11-15(4-2)6-8-20(17)31-22/h6-9,11-13H,3-5,10,14H2,1-2H3,(H,25,29). The van der Waals surface area contributed by atoms with Gasteiger partial charge in [-0.3, -0.25) is 14.4 Å². The number of benzene rings is 2. The Labute approximate surface area is 179 Å². The van der Waals surface area contributed by atoms with E-state index in [2.05, 4.69) is 12.2 Å². The smallest absolute Gasteiger partial charge is 0.291 e. The van der Waals surface area contributed by atoms with Crippen molar-refractivity contribution in [1.82, 2.24) is 0 Å². The van der Waals surface area contributed by atoms with E-state index in [1.54, 1.807) is 35.2 Å². The van der Waals surface area contributed by atoms with Crippen LogP contribution in [-0.2, 0) is 11.2 Å². The fraction of sp³-hybridized carbons (Fsp3) is 0.292. The molecule has 0 saturated carbocycles. The maximum absolute atomic E-state index is 12.8. The zero-order chi connectivity index (χ0) is 22.0. The number of rotatable bonds is 6. The van der Waals surface area contributed by atoms with Gasteiger partial charge in [0, 0.05) is 18.3 Å². The molecule has 1 N–H and O–H groups in total. The zero-order valence-corrected chi connectivity index (χ0v) is 17.6. The molecule has 4 rings (SSSR count). The molecule has 0 radical (unpaired) electrons. The van der Waals surface area contributed by atoms with Crippen LogP contribution in [0.25, 0.3) is 11.0 Å². The van der Waals surface area contributed by atoms with E-state index in [9.17, 15) is 14.4 Å². The summed E-state index contributed by atoms with van der Waals surface area (Å²) in [5.74, 6) is -0.134. The molecule has 0 bridgehead atoms. The van der Waals surface area contributed by atoms with Crippen LogP contribution >= 0.6 is 0 Å². The lowest BCUT2D eigenvalue weighted by Crippen LogP contribution is -2.39. The SMILES string of the molecule is CCCCN1C(=O)COc2ccc(NC(=O)c3cc(=O)c4cc(CC)ccc4o3)cc21. The van der Waals surface area contributed by atoms with Gasteiger partial charge in [0.1, 0.15) is 11.3 Å². The van der Waals surface area contributed by atoms with Crippen molar-refractivity contribution in [1.29, 1.82) is 0 Å². The summed E-state index contributed by atoms with van der Waals surface area (Å²) in [5.41, 5.74) is 2.22. The normalized spacial score (nSPS) is 13.1. The van der Waals surface area contributed by atoms with Gasteiger partial charge in [0.25, 0.3) is 11.8 Å². The summed E-state index contributed by atoms with van der Waals surface area (Å²) in [4.78, 5) is 39.2. The number of nitrogens with one attached hydrogen (secondary N) is 1. The van der Waals surface area contributed by atoms with Gasteiger partial charge >= 0.3 is 0 Å². The van der Waals surface area contributed by atoms with Crippen LogP contribution in [0.15, 0.2) is 51.7 Å². The third-order valence-corrected chi connectivity index (χ3v) is 5.32. The Bertz CT molecular complexity index is 1210. The number of fused-ring (bicyclic) bond motifs is 2. The number of unbranched alkanes of at least 4 members (excludes halogenated alkanes) is 1. The van der Waals surface area contributed by atoms with E-state index >= 15 is 0 Å². The van der Waals surface area contributed by atoms with Crippen LogP contribution in [0.5, 0.6) is 5.75 Å². The van der Waals surface area contributed by atoms with Crippen molar-refractivity contribution in [2.45, 2.75) is 33.1 Å². The predicted octanol–water partition coefficient (Wildman–Crippen LogP) is 4.13. The molecule has 2 aromatic carbocycles. The molecule has 1 aliphatic heterocycles. The molecule has 1 aliphatic rings. The Balaban J connectivity index is 1.61. The fourth-order valence-electron chi connectivity index (χ4n) is 3.57. The number of hydrogen-bond acceptors (Lipinski definition) is 5. The van der Waals surface area contributed by atoms with E-state index in [0.29, 0.717) is 34.6 Å². The van der Waals surface area contributed by atoms with Gasteiger partial charge in [0.05, 0.1) is 11.1 Å². The highest BCUT2D eigenvalue weighted by Gasteiger charge is 2.25. The van der Waals surface area contributed by atoms with Crippen LogP contribution < -0.4 is 20.4 Å². The van der Waals surface area contributed by atoms with Crippen LogP contribution in [0.2, 0.25) is 0 Å². The Morgan fingerprint density at radius 2 is 1.94 bits per heavy atom. The van der Waals surface area contributed by atoms with Gasteiger partial charge in [0.2, 0.25) is 0 Å². The van der Waals surface area contributed by atoms with Gasteiger partial charge in [-0.2, -0.15) is 0 Å². The molecular weight excluding hydrogens is 396 g/mol. The largest absolute Gasteiger partial charge is 0.482 e. The summed E-state index contributed by atoms with van der Waals surface area (Å²) in [6, 6.07) is 11.7. The summed E-state index contributed by atoms with van der Waals surface area (Å²) in [6.45, 7) is 4.65. The van der Waals surface area contributed by atoms with Gasteiger partial charge in [-0.25, -0.2) is 0 Å². The Kier molecular flexibility index (Phi) is 5.75. The van der Waals surface area contributed by atoms with Crippen molar-refractivity contribution in [2.24, 2.45) is 0 Å². The molecule has 0 saturated heterocycles. The first kappa shape index (κ1) is 20.7. The van der Waals surface area contributed by atoms with Crippen molar-refractivity contribution in [2.75, 3.05) is 23.4 Å². The van der Waals surface area contributed by atoms with E-state index in [-0.39, 0.29) is 23.7 Å². The number of hydrogen-bond donors (Lipinski definition) is 1. The second-order valence-electron chi connectivity index (χ2n) is 7.48. The zero-order valence-electron chi connectivity index (χ0n) is 17.6. The van der Waals surface area contributed by atoms with Crippen LogP contribution in [0.4, 0.5) is 11.4 Å². The van der Waals surface area contributed by atoms with E-state index < -0.39 is 5.91 Å². The molecular formula is C24H24N2O5. The van der Waals surface area contributed by atoms with E-state index in [0.717, 1.165) is 24.8 Å². The first-order valence-electron chi connectivity index (χ1n) is 10.5. The first-order valence-corrected chi connectivity index (χ1v) is 10.5. The third-order valence-electron chi connectivity index (χ3n) is 5.32. The molecule has 2 heterocycles.